The minimum atomic E-state index is -0.395. The molecular formula is C14H20O2. The molecule has 1 heterocycles. The molecule has 1 aliphatic rings. The Hall–Kier alpha value is -1.02. The predicted octanol–water partition coefficient (Wildman–Crippen LogP) is 3.09. The van der Waals surface area contributed by atoms with Gasteiger partial charge in [0.15, 0.2) is 0 Å². The van der Waals surface area contributed by atoms with Crippen molar-refractivity contribution >= 4 is 0 Å². The number of fused-ring (bicyclic) bond motifs is 1. The molecule has 1 aromatic carbocycles. The third kappa shape index (κ3) is 2.07. The average molecular weight is 220 g/mol. The van der Waals surface area contributed by atoms with Crippen LogP contribution in [0.2, 0.25) is 0 Å². The summed E-state index contributed by atoms with van der Waals surface area (Å²) in [5.74, 6) is 1.22. The fraction of sp³-hybridized carbons (Fsp3) is 0.571. The van der Waals surface area contributed by atoms with Crippen molar-refractivity contribution in [1.82, 2.24) is 0 Å². The molecule has 1 aromatic rings. The van der Waals surface area contributed by atoms with Crippen molar-refractivity contribution in [1.29, 1.82) is 0 Å². The molecule has 88 valence electrons. The van der Waals surface area contributed by atoms with Gasteiger partial charge in [-0.2, -0.15) is 0 Å². The Labute approximate surface area is 97.3 Å². The summed E-state index contributed by atoms with van der Waals surface area (Å²) >= 11 is 0. The van der Waals surface area contributed by atoms with Crippen molar-refractivity contribution in [3.05, 3.63) is 29.3 Å². The second kappa shape index (κ2) is 4.88. The quantitative estimate of drug-likeness (QED) is 0.845. The minimum absolute atomic E-state index is 0.292. The van der Waals surface area contributed by atoms with E-state index < -0.39 is 6.10 Å². The Balaban J connectivity index is 2.23. The molecule has 0 spiro atoms. The molecule has 0 bridgehead atoms. The molecule has 0 fully saturated rings. The van der Waals surface area contributed by atoms with E-state index >= 15 is 0 Å². The molecule has 0 aromatic heterocycles. The van der Waals surface area contributed by atoms with E-state index in [2.05, 4.69) is 19.9 Å². The van der Waals surface area contributed by atoms with Gasteiger partial charge in [0, 0.05) is 12.0 Å². The highest BCUT2D eigenvalue weighted by Gasteiger charge is 2.23. The van der Waals surface area contributed by atoms with E-state index in [4.69, 9.17) is 4.74 Å². The lowest BCUT2D eigenvalue weighted by molar-refractivity contribution is 0.109. The maximum Gasteiger partial charge on any atom is 0.128 e. The van der Waals surface area contributed by atoms with Crippen molar-refractivity contribution in [3.63, 3.8) is 0 Å². The van der Waals surface area contributed by atoms with Gasteiger partial charge >= 0.3 is 0 Å². The van der Waals surface area contributed by atoms with Gasteiger partial charge in [0.25, 0.3) is 0 Å². The number of aliphatic hydroxyl groups is 1. The van der Waals surface area contributed by atoms with E-state index in [1.165, 1.54) is 5.56 Å². The molecule has 0 aliphatic carbocycles. The highest BCUT2D eigenvalue weighted by atomic mass is 16.5. The predicted molar refractivity (Wildman–Crippen MR) is 64.7 cm³/mol. The molecule has 0 amide bonds. The van der Waals surface area contributed by atoms with Gasteiger partial charge in [-0.25, -0.2) is 0 Å². The molecule has 2 unspecified atom stereocenters. The normalized spacial score (nSPS) is 17.7. The molecule has 2 nitrogen and oxygen atoms in total. The van der Waals surface area contributed by atoms with Crippen LogP contribution < -0.4 is 4.74 Å². The van der Waals surface area contributed by atoms with E-state index in [-0.39, 0.29) is 0 Å². The zero-order chi connectivity index (χ0) is 11.5. The van der Waals surface area contributed by atoms with Gasteiger partial charge in [0.2, 0.25) is 0 Å². The van der Waals surface area contributed by atoms with Crippen LogP contribution in [-0.2, 0) is 6.42 Å². The lowest BCUT2D eigenvalue weighted by Gasteiger charge is -2.20. The van der Waals surface area contributed by atoms with Crippen LogP contribution in [-0.4, -0.2) is 11.7 Å². The van der Waals surface area contributed by atoms with Crippen LogP contribution in [0.4, 0.5) is 0 Å². The van der Waals surface area contributed by atoms with Crippen molar-refractivity contribution in [2.24, 2.45) is 5.92 Å². The highest BCUT2D eigenvalue weighted by Crippen LogP contribution is 2.37. The molecule has 1 N–H and O–H groups in total. The second-order valence-electron chi connectivity index (χ2n) is 4.64. The lowest BCUT2D eigenvalue weighted by atomic mass is 9.92. The van der Waals surface area contributed by atoms with Crippen LogP contribution in [0.5, 0.6) is 5.75 Å². The van der Waals surface area contributed by atoms with Crippen molar-refractivity contribution < 1.29 is 9.84 Å². The number of aliphatic hydroxyl groups excluding tert-OH is 1. The summed E-state index contributed by atoms with van der Waals surface area (Å²) in [7, 11) is 0. The van der Waals surface area contributed by atoms with Crippen molar-refractivity contribution in [3.8, 4) is 5.75 Å². The first-order chi connectivity index (χ1) is 7.74. The molecule has 2 heteroatoms. The fourth-order valence-electron chi connectivity index (χ4n) is 2.39. The summed E-state index contributed by atoms with van der Waals surface area (Å²) in [6.45, 7) is 5.00. The number of benzene rings is 1. The summed E-state index contributed by atoms with van der Waals surface area (Å²) < 4.78 is 5.62. The van der Waals surface area contributed by atoms with Gasteiger partial charge in [-0.3, -0.25) is 0 Å². The van der Waals surface area contributed by atoms with Crippen LogP contribution in [0.25, 0.3) is 0 Å². The zero-order valence-electron chi connectivity index (χ0n) is 10.1. The average Bonchev–Trinajstić information content (AvgIpc) is 2.76. The Morgan fingerprint density at radius 1 is 1.44 bits per heavy atom. The molecule has 16 heavy (non-hydrogen) atoms. The largest absolute Gasteiger partial charge is 0.493 e. The van der Waals surface area contributed by atoms with Crippen molar-refractivity contribution in [2.75, 3.05) is 6.61 Å². The van der Waals surface area contributed by atoms with Crippen LogP contribution in [0, 0.1) is 5.92 Å². The Morgan fingerprint density at radius 2 is 2.25 bits per heavy atom. The van der Waals surface area contributed by atoms with Gasteiger partial charge in [0.05, 0.1) is 12.7 Å². The van der Waals surface area contributed by atoms with Gasteiger partial charge in [-0.15, -0.1) is 0 Å². The molecule has 2 rings (SSSR count). The summed E-state index contributed by atoms with van der Waals surface area (Å²) in [6, 6.07) is 6.09. The van der Waals surface area contributed by atoms with Gasteiger partial charge < -0.3 is 9.84 Å². The van der Waals surface area contributed by atoms with E-state index in [1.54, 1.807) is 0 Å². The van der Waals surface area contributed by atoms with Crippen LogP contribution in [0.1, 0.15) is 43.9 Å². The van der Waals surface area contributed by atoms with Gasteiger partial charge in [-0.1, -0.05) is 38.5 Å². The summed E-state index contributed by atoms with van der Waals surface area (Å²) in [4.78, 5) is 0. The smallest absolute Gasteiger partial charge is 0.128 e. The molecule has 2 atom stereocenters. The van der Waals surface area contributed by atoms with Crippen molar-refractivity contribution in [2.45, 2.75) is 39.2 Å². The SMILES string of the molecule is CCCC(C)C(O)c1cccc2c1OCC2. The molecule has 0 radical (unpaired) electrons. The standard InChI is InChI=1S/C14H20O2/c1-3-5-10(2)13(15)12-7-4-6-11-8-9-16-14(11)12/h4,6-7,10,13,15H,3,5,8-9H2,1-2H3. The maximum atomic E-state index is 10.3. The maximum absolute atomic E-state index is 10.3. The van der Waals surface area contributed by atoms with E-state index in [9.17, 15) is 5.11 Å². The molecule has 0 saturated carbocycles. The fourth-order valence-corrected chi connectivity index (χ4v) is 2.39. The first-order valence-electron chi connectivity index (χ1n) is 6.16. The molecular weight excluding hydrogens is 200 g/mol. The number of ether oxygens (including phenoxy) is 1. The number of para-hydroxylation sites is 1. The third-order valence-electron chi connectivity index (χ3n) is 3.35. The number of hydrogen-bond donors (Lipinski definition) is 1. The first-order valence-corrected chi connectivity index (χ1v) is 6.16. The Bertz CT molecular complexity index is 360. The summed E-state index contributed by atoms with van der Waals surface area (Å²) in [5.41, 5.74) is 2.20. The van der Waals surface area contributed by atoms with Gasteiger partial charge in [0.1, 0.15) is 5.75 Å². The Morgan fingerprint density at radius 3 is 3.00 bits per heavy atom. The van der Waals surface area contributed by atoms with E-state index in [0.717, 1.165) is 37.2 Å². The second-order valence-corrected chi connectivity index (χ2v) is 4.64. The first kappa shape index (κ1) is 11.5. The topological polar surface area (TPSA) is 29.5 Å². The molecule has 0 saturated heterocycles. The minimum Gasteiger partial charge on any atom is -0.493 e. The molecule has 1 aliphatic heterocycles. The zero-order valence-corrected chi connectivity index (χ0v) is 10.1. The summed E-state index contributed by atoms with van der Waals surface area (Å²) in [5, 5.41) is 10.3. The number of hydrogen-bond acceptors (Lipinski definition) is 2. The van der Waals surface area contributed by atoms with E-state index in [0.29, 0.717) is 5.92 Å². The highest BCUT2D eigenvalue weighted by molar-refractivity contribution is 5.45. The van der Waals surface area contributed by atoms with Crippen LogP contribution in [0.3, 0.4) is 0 Å². The lowest BCUT2D eigenvalue weighted by Crippen LogP contribution is -2.10. The number of rotatable bonds is 4. The monoisotopic (exact) mass is 220 g/mol. The van der Waals surface area contributed by atoms with Crippen LogP contribution >= 0.6 is 0 Å². The third-order valence-corrected chi connectivity index (χ3v) is 3.35. The van der Waals surface area contributed by atoms with Gasteiger partial charge in [-0.05, 0) is 17.9 Å². The summed E-state index contributed by atoms with van der Waals surface area (Å²) in [6.07, 6.45) is 2.73. The van der Waals surface area contributed by atoms with Crippen LogP contribution in [0.15, 0.2) is 18.2 Å². The Kier molecular flexibility index (Phi) is 3.49. The van der Waals surface area contributed by atoms with E-state index in [1.807, 2.05) is 12.1 Å².